The number of amides is 2. The van der Waals surface area contributed by atoms with Crippen LogP contribution in [0, 0.1) is 19.3 Å². The fourth-order valence-electron chi connectivity index (χ4n) is 4.30. The summed E-state index contributed by atoms with van der Waals surface area (Å²) in [7, 11) is 0. The summed E-state index contributed by atoms with van der Waals surface area (Å²) in [5.74, 6) is 1.30. The van der Waals surface area contributed by atoms with Gasteiger partial charge in [0.2, 0.25) is 17.7 Å². The fourth-order valence-corrected chi connectivity index (χ4v) is 4.30. The third kappa shape index (κ3) is 3.11. The summed E-state index contributed by atoms with van der Waals surface area (Å²) >= 11 is 0. The molecule has 0 aliphatic carbocycles. The van der Waals surface area contributed by atoms with Gasteiger partial charge in [-0.2, -0.15) is 4.98 Å². The van der Waals surface area contributed by atoms with Gasteiger partial charge in [0.15, 0.2) is 5.82 Å². The minimum atomic E-state index is -0.188. The van der Waals surface area contributed by atoms with Crippen molar-refractivity contribution in [3.8, 4) is 0 Å². The van der Waals surface area contributed by atoms with Gasteiger partial charge in [0.25, 0.3) is 0 Å². The molecule has 7 heteroatoms. The molecule has 1 spiro atoms. The Bertz CT molecular complexity index is 885. The van der Waals surface area contributed by atoms with Gasteiger partial charge in [-0.25, -0.2) is 0 Å². The third-order valence-electron chi connectivity index (χ3n) is 5.90. The standard InChI is InChI=1S/C20H24N4O3/c1-13-6-4-5-7-16(13)8-18(26)24-11-20(12-24)10-23(15(3)25)9-17(20)19-21-14(2)22-27-19/h4-7,17H,8-12H2,1-3H3. The second-order valence-corrected chi connectivity index (χ2v) is 7.85. The molecule has 2 aliphatic rings. The van der Waals surface area contributed by atoms with Crippen LogP contribution >= 0.6 is 0 Å². The number of rotatable bonds is 3. The minimum absolute atomic E-state index is 0.0230. The van der Waals surface area contributed by atoms with Crippen LogP contribution in [0.15, 0.2) is 28.8 Å². The highest BCUT2D eigenvalue weighted by Gasteiger charge is 2.58. The predicted octanol–water partition coefficient (Wildman–Crippen LogP) is 1.70. The molecule has 1 aromatic carbocycles. The lowest BCUT2D eigenvalue weighted by Crippen LogP contribution is -2.62. The van der Waals surface area contributed by atoms with Crippen molar-refractivity contribution in [1.82, 2.24) is 19.9 Å². The molecule has 0 radical (unpaired) electrons. The Kier molecular flexibility index (Phi) is 4.25. The van der Waals surface area contributed by atoms with Crippen LogP contribution in [0.5, 0.6) is 0 Å². The van der Waals surface area contributed by atoms with Gasteiger partial charge in [-0.1, -0.05) is 29.4 Å². The Labute approximate surface area is 158 Å². The van der Waals surface area contributed by atoms with E-state index in [1.165, 1.54) is 0 Å². The highest BCUT2D eigenvalue weighted by molar-refractivity contribution is 5.80. The van der Waals surface area contributed by atoms with Gasteiger partial charge in [-0.05, 0) is 25.0 Å². The van der Waals surface area contributed by atoms with Gasteiger partial charge in [0.1, 0.15) is 0 Å². The van der Waals surface area contributed by atoms with Crippen LogP contribution < -0.4 is 0 Å². The Morgan fingerprint density at radius 2 is 1.89 bits per heavy atom. The highest BCUT2D eigenvalue weighted by Crippen LogP contribution is 2.48. The second kappa shape index (κ2) is 6.48. The number of carbonyl (C=O) groups is 2. The summed E-state index contributed by atoms with van der Waals surface area (Å²) in [5.41, 5.74) is 2.00. The largest absolute Gasteiger partial charge is 0.341 e. The van der Waals surface area contributed by atoms with Crippen LogP contribution in [-0.2, 0) is 16.0 Å². The van der Waals surface area contributed by atoms with Crippen molar-refractivity contribution >= 4 is 11.8 Å². The molecule has 2 saturated heterocycles. The molecule has 0 saturated carbocycles. The highest BCUT2D eigenvalue weighted by atomic mass is 16.5. The second-order valence-electron chi connectivity index (χ2n) is 7.85. The van der Waals surface area contributed by atoms with Crippen molar-refractivity contribution in [2.45, 2.75) is 33.1 Å². The monoisotopic (exact) mass is 368 g/mol. The summed E-state index contributed by atoms with van der Waals surface area (Å²) in [5, 5.41) is 3.90. The summed E-state index contributed by atoms with van der Waals surface area (Å²) < 4.78 is 5.41. The van der Waals surface area contributed by atoms with Gasteiger partial charge in [0, 0.05) is 38.5 Å². The number of aromatic nitrogens is 2. The molecule has 142 valence electrons. The zero-order valence-electron chi connectivity index (χ0n) is 15.9. The topological polar surface area (TPSA) is 79.5 Å². The molecule has 4 rings (SSSR count). The van der Waals surface area contributed by atoms with Crippen molar-refractivity contribution in [2.75, 3.05) is 26.2 Å². The lowest BCUT2D eigenvalue weighted by Gasteiger charge is -2.50. The number of benzene rings is 1. The van der Waals surface area contributed by atoms with Gasteiger partial charge in [-0.15, -0.1) is 0 Å². The molecule has 2 amide bonds. The van der Waals surface area contributed by atoms with Gasteiger partial charge < -0.3 is 14.3 Å². The lowest BCUT2D eigenvalue weighted by molar-refractivity contribution is -0.143. The summed E-state index contributed by atoms with van der Waals surface area (Å²) in [6.07, 6.45) is 0.406. The fraction of sp³-hybridized carbons (Fsp3) is 0.500. The summed E-state index contributed by atoms with van der Waals surface area (Å²) in [6.45, 7) is 7.82. The smallest absolute Gasteiger partial charge is 0.232 e. The number of likely N-dealkylation sites (tertiary alicyclic amines) is 2. The normalized spacial score (nSPS) is 20.8. The average Bonchev–Trinajstić information content (AvgIpc) is 3.19. The van der Waals surface area contributed by atoms with Crippen molar-refractivity contribution in [1.29, 1.82) is 0 Å². The Balaban J connectivity index is 1.49. The number of hydrogen-bond acceptors (Lipinski definition) is 5. The van der Waals surface area contributed by atoms with Crippen molar-refractivity contribution in [2.24, 2.45) is 5.41 Å². The molecule has 1 atom stereocenters. The Morgan fingerprint density at radius 3 is 2.52 bits per heavy atom. The maximum absolute atomic E-state index is 12.7. The van der Waals surface area contributed by atoms with E-state index in [9.17, 15) is 9.59 Å². The predicted molar refractivity (Wildman–Crippen MR) is 97.9 cm³/mol. The quantitative estimate of drug-likeness (QED) is 0.824. The van der Waals surface area contributed by atoms with E-state index < -0.39 is 0 Å². The van der Waals surface area contributed by atoms with E-state index in [4.69, 9.17) is 4.52 Å². The first-order chi connectivity index (χ1) is 12.9. The summed E-state index contributed by atoms with van der Waals surface area (Å²) in [6, 6.07) is 7.96. The van der Waals surface area contributed by atoms with E-state index in [2.05, 4.69) is 10.1 Å². The van der Waals surface area contributed by atoms with Crippen LogP contribution in [0.4, 0.5) is 0 Å². The number of aryl methyl sites for hydroxylation is 2. The molecular weight excluding hydrogens is 344 g/mol. The van der Waals surface area contributed by atoms with Crippen LogP contribution in [0.1, 0.15) is 35.7 Å². The molecule has 3 heterocycles. The third-order valence-corrected chi connectivity index (χ3v) is 5.90. The van der Waals surface area contributed by atoms with Gasteiger partial charge in [-0.3, -0.25) is 9.59 Å². The van der Waals surface area contributed by atoms with Gasteiger partial charge in [0.05, 0.1) is 12.3 Å². The Hall–Kier alpha value is -2.70. The van der Waals surface area contributed by atoms with E-state index in [1.54, 1.807) is 13.8 Å². The Morgan fingerprint density at radius 1 is 1.19 bits per heavy atom. The number of hydrogen-bond donors (Lipinski definition) is 0. The average molecular weight is 368 g/mol. The summed E-state index contributed by atoms with van der Waals surface area (Å²) in [4.78, 5) is 32.8. The SMILES string of the molecule is CC(=O)N1CC(c2nc(C)no2)C2(C1)CN(C(=O)Cc1ccccc1C)C2. The lowest BCUT2D eigenvalue weighted by atomic mass is 9.71. The van der Waals surface area contributed by atoms with Crippen LogP contribution in [0.2, 0.25) is 0 Å². The first-order valence-corrected chi connectivity index (χ1v) is 9.26. The first-order valence-electron chi connectivity index (χ1n) is 9.26. The van der Waals surface area contributed by atoms with E-state index in [0.717, 1.165) is 11.1 Å². The van der Waals surface area contributed by atoms with Crippen molar-refractivity contribution in [3.05, 3.63) is 47.1 Å². The molecule has 1 aromatic heterocycles. The van der Waals surface area contributed by atoms with Crippen molar-refractivity contribution < 1.29 is 14.1 Å². The van der Waals surface area contributed by atoms with Crippen LogP contribution in [0.25, 0.3) is 0 Å². The maximum atomic E-state index is 12.7. The zero-order valence-corrected chi connectivity index (χ0v) is 15.9. The maximum Gasteiger partial charge on any atom is 0.232 e. The molecule has 2 fully saturated rings. The minimum Gasteiger partial charge on any atom is -0.341 e. The first kappa shape index (κ1) is 17.7. The van der Waals surface area contributed by atoms with E-state index >= 15 is 0 Å². The molecule has 0 N–H and O–H groups in total. The van der Waals surface area contributed by atoms with Crippen molar-refractivity contribution in [3.63, 3.8) is 0 Å². The van der Waals surface area contributed by atoms with E-state index in [-0.39, 0.29) is 23.1 Å². The molecule has 27 heavy (non-hydrogen) atoms. The van der Waals surface area contributed by atoms with Gasteiger partial charge >= 0.3 is 0 Å². The number of nitrogens with zero attached hydrogens (tertiary/aromatic N) is 4. The molecule has 1 unspecified atom stereocenters. The molecule has 0 bridgehead atoms. The molecule has 2 aliphatic heterocycles. The zero-order chi connectivity index (χ0) is 19.2. The molecular formula is C20H24N4O3. The van der Waals surface area contributed by atoms with Crippen LogP contribution in [0.3, 0.4) is 0 Å². The van der Waals surface area contributed by atoms with Crippen LogP contribution in [-0.4, -0.2) is 57.9 Å². The molecule has 2 aromatic rings. The molecule has 7 nitrogen and oxygen atoms in total. The van der Waals surface area contributed by atoms with E-state index in [0.29, 0.717) is 44.3 Å². The number of carbonyl (C=O) groups excluding carboxylic acids is 2. The van der Waals surface area contributed by atoms with E-state index in [1.807, 2.05) is 41.0 Å².